The number of aliphatic hydroxyl groups excluding tert-OH is 3. The molecule has 0 aliphatic carbocycles. The maximum atomic E-state index is 11.4. The van der Waals surface area contributed by atoms with Crippen LogP contribution in [0.1, 0.15) is 13.8 Å². The lowest BCUT2D eigenvalue weighted by molar-refractivity contribution is -0.244. The van der Waals surface area contributed by atoms with E-state index in [4.69, 9.17) is 9.47 Å². The zero-order valence-electron chi connectivity index (χ0n) is 13.9. The first-order chi connectivity index (χ1) is 11.8. The van der Waals surface area contributed by atoms with Gasteiger partial charge >= 0.3 is 0 Å². The Bertz CT molecular complexity index is 607. The van der Waals surface area contributed by atoms with Gasteiger partial charge in [0.2, 0.25) is 18.1 Å². The number of aliphatic hydroxyl groups is 3. The third kappa shape index (κ3) is 4.89. The zero-order chi connectivity index (χ0) is 18.6. The summed E-state index contributed by atoms with van der Waals surface area (Å²) in [6.07, 6.45) is -4.92. The zero-order valence-corrected chi connectivity index (χ0v) is 13.9. The van der Waals surface area contributed by atoms with Gasteiger partial charge < -0.3 is 35.4 Å². The second-order valence-corrected chi connectivity index (χ2v) is 5.76. The average molecular weight is 354 g/mol. The molecule has 1 heterocycles. The Kier molecular flexibility index (Phi) is 6.32. The van der Waals surface area contributed by atoms with Gasteiger partial charge in [0.05, 0.1) is 6.61 Å². The molecule has 5 N–H and O–H groups in total. The van der Waals surface area contributed by atoms with E-state index in [-0.39, 0.29) is 5.91 Å². The highest BCUT2D eigenvalue weighted by atomic mass is 16.7. The van der Waals surface area contributed by atoms with Crippen LogP contribution in [0.5, 0.6) is 5.75 Å². The lowest BCUT2D eigenvalue weighted by Crippen LogP contribution is -2.65. The summed E-state index contributed by atoms with van der Waals surface area (Å²) >= 11 is 0. The van der Waals surface area contributed by atoms with Crippen LogP contribution in [0.4, 0.5) is 5.69 Å². The summed E-state index contributed by atoms with van der Waals surface area (Å²) in [6, 6.07) is 5.35. The van der Waals surface area contributed by atoms with E-state index >= 15 is 0 Å². The second-order valence-electron chi connectivity index (χ2n) is 5.76. The molecule has 1 fully saturated rings. The minimum atomic E-state index is -1.38. The van der Waals surface area contributed by atoms with Gasteiger partial charge in [0, 0.05) is 19.5 Å². The molecule has 0 aromatic heterocycles. The molecule has 0 saturated carbocycles. The molecule has 9 nitrogen and oxygen atoms in total. The molecule has 0 spiro atoms. The van der Waals surface area contributed by atoms with Crippen LogP contribution in [-0.2, 0) is 14.3 Å². The van der Waals surface area contributed by atoms with E-state index in [1.807, 2.05) is 0 Å². The normalized spacial score (nSPS) is 28.9. The molecule has 0 bridgehead atoms. The first-order valence-electron chi connectivity index (χ1n) is 7.75. The van der Waals surface area contributed by atoms with Crippen molar-refractivity contribution in [3.63, 3.8) is 0 Å². The summed E-state index contributed by atoms with van der Waals surface area (Å²) in [6.45, 7) is 2.13. The van der Waals surface area contributed by atoms with Gasteiger partial charge in [0.1, 0.15) is 30.1 Å². The van der Waals surface area contributed by atoms with Gasteiger partial charge in [-0.15, -0.1) is 0 Å². The van der Waals surface area contributed by atoms with Crippen LogP contribution in [0, 0.1) is 0 Å². The summed E-state index contributed by atoms with van der Waals surface area (Å²) in [5, 5.41) is 34.5. The highest BCUT2D eigenvalue weighted by Gasteiger charge is 2.46. The van der Waals surface area contributed by atoms with Gasteiger partial charge in [0.25, 0.3) is 0 Å². The van der Waals surface area contributed by atoms with Crippen molar-refractivity contribution < 1.29 is 34.4 Å². The van der Waals surface area contributed by atoms with Crippen LogP contribution in [0.15, 0.2) is 24.3 Å². The molecule has 138 valence electrons. The van der Waals surface area contributed by atoms with Crippen molar-refractivity contribution in [3.05, 3.63) is 24.3 Å². The maximum absolute atomic E-state index is 11.4. The fourth-order valence-electron chi connectivity index (χ4n) is 2.53. The second kappa shape index (κ2) is 8.26. The predicted octanol–water partition coefficient (Wildman–Crippen LogP) is -1.03. The molecule has 1 saturated heterocycles. The van der Waals surface area contributed by atoms with E-state index in [0.29, 0.717) is 11.4 Å². The van der Waals surface area contributed by atoms with Crippen LogP contribution >= 0.6 is 0 Å². The van der Waals surface area contributed by atoms with Crippen LogP contribution in [0.3, 0.4) is 0 Å². The Labute approximate surface area is 144 Å². The number of carbonyl (C=O) groups excluding carboxylic acids is 2. The molecule has 0 radical (unpaired) electrons. The van der Waals surface area contributed by atoms with Crippen molar-refractivity contribution in [2.45, 2.75) is 44.5 Å². The smallest absolute Gasteiger partial charge is 0.223 e. The number of benzene rings is 1. The Balaban J connectivity index is 2.15. The fourth-order valence-corrected chi connectivity index (χ4v) is 2.53. The molecule has 2 rings (SSSR count). The SMILES string of the molecule is CC(=O)Nc1ccc(O[C@@H]2O[C@H](CO)[C@H](O)[C@@H](O)[C@H]2NC(C)=O)cc1. The standard InChI is InChI=1S/C16H22N2O7/c1-8(20)17-10-3-5-11(6-4-10)24-16-13(18-9(2)21)15(23)14(22)12(7-19)25-16/h3-6,12-16,19,22-23H,7H2,1-2H3,(H,17,20)(H,18,21)/t12-,13-,14+,15+,16-/m1/s1. The lowest BCUT2D eigenvalue weighted by Gasteiger charge is -2.42. The van der Waals surface area contributed by atoms with Crippen molar-refractivity contribution in [1.29, 1.82) is 0 Å². The molecule has 1 aromatic rings. The molecule has 9 heteroatoms. The van der Waals surface area contributed by atoms with Gasteiger partial charge in [-0.05, 0) is 24.3 Å². The highest BCUT2D eigenvalue weighted by Crippen LogP contribution is 2.25. The summed E-state index contributed by atoms with van der Waals surface area (Å²) in [4.78, 5) is 22.4. The molecule has 25 heavy (non-hydrogen) atoms. The van der Waals surface area contributed by atoms with E-state index in [0.717, 1.165) is 0 Å². The largest absolute Gasteiger partial charge is 0.463 e. The number of hydrogen-bond donors (Lipinski definition) is 5. The number of anilines is 1. The van der Waals surface area contributed by atoms with E-state index in [9.17, 15) is 24.9 Å². The Morgan fingerprint density at radius 1 is 1.12 bits per heavy atom. The summed E-state index contributed by atoms with van der Waals surface area (Å²) in [5.41, 5.74) is 0.575. The van der Waals surface area contributed by atoms with Crippen LogP contribution in [-0.4, -0.2) is 64.4 Å². The predicted molar refractivity (Wildman–Crippen MR) is 86.7 cm³/mol. The number of amides is 2. The Hall–Kier alpha value is -2.20. The minimum absolute atomic E-state index is 0.210. The van der Waals surface area contributed by atoms with E-state index in [1.54, 1.807) is 24.3 Å². The Morgan fingerprint density at radius 2 is 1.76 bits per heavy atom. The molecule has 0 unspecified atom stereocenters. The average Bonchev–Trinajstić information content (AvgIpc) is 2.55. The summed E-state index contributed by atoms with van der Waals surface area (Å²) in [7, 11) is 0. The van der Waals surface area contributed by atoms with Gasteiger partial charge in [-0.25, -0.2) is 0 Å². The third-order valence-corrected chi connectivity index (χ3v) is 3.68. The number of nitrogens with one attached hydrogen (secondary N) is 2. The van der Waals surface area contributed by atoms with Crippen LogP contribution in [0.2, 0.25) is 0 Å². The van der Waals surface area contributed by atoms with Gasteiger partial charge in [-0.3, -0.25) is 9.59 Å². The fraction of sp³-hybridized carbons (Fsp3) is 0.500. The minimum Gasteiger partial charge on any atom is -0.463 e. The molecular formula is C16H22N2O7. The number of rotatable bonds is 5. The molecular weight excluding hydrogens is 332 g/mol. The topological polar surface area (TPSA) is 137 Å². The monoisotopic (exact) mass is 354 g/mol. The summed E-state index contributed by atoms with van der Waals surface area (Å²) < 4.78 is 11.1. The number of hydrogen-bond acceptors (Lipinski definition) is 7. The van der Waals surface area contributed by atoms with E-state index in [2.05, 4.69) is 10.6 Å². The summed E-state index contributed by atoms with van der Waals surface area (Å²) in [5.74, 6) is -0.287. The van der Waals surface area contributed by atoms with Crippen molar-refractivity contribution >= 4 is 17.5 Å². The molecule has 5 atom stereocenters. The van der Waals surface area contributed by atoms with Crippen LogP contribution < -0.4 is 15.4 Å². The maximum Gasteiger partial charge on any atom is 0.223 e. The molecule has 1 aromatic carbocycles. The molecule has 1 aliphatic heterocycles. The Morgan fingerprint density at radius 3 is 2.28 bits per heavy atom. The van der Waals surface area contributed by atoms with Crippen LogP contribution in [0.25, 0.3) is 0 Å². The van der Waals surface area contributed by atoms with Gasteiger partial charge in [-0.1, -0.05) is 0 Å². The first-order valence-corrected chi connectivity index (χ1v) is 7.75. The number of ether oxygens (including phenoxy) is 2. The van der Waals surface area contributed by atoms with Crippen molar-refractivity contribution in [2.75, 3.05) is 11.9 Å². The van der Waals surface area contributed by atoms with Crippen molar-refractivity contribution in [3.8, 4) is 5.75 Å². The lowest BCUT2D eigenvalue weighted by atomic mass is 9.97. The van der Waals surface area contributed by atoms with E-state index < -0.39 is 43.2 Å². The van der Waals surface area contributed by atoms with Crippen molar-refractivity contribution in [2.24, 2.45) is 0 Å². The van der Waals surface area contributed by atoms with E-state index in [1.165, 1.54) is 13.8 Å². The first kappa shape index (κ1) is 19.1. The third-order valence-electron chi connectivity index (χ3n) is 3.68. The quantitative estimate of drug-likeness (QED) is 0.456. The van der Waals surface area contributed by atoms with Gasteiger partial charge in [0.15, 0.2) is 0 Å². The van der Waals surface area contributed by atoms with Gasteiger partial charge in [-0.2, -0.15) is 0 Å². The highest BCUT2D eigenvalue weighted by molar-refractivity contribution is 5.88. The molecule has 1 aliphatic rings. The number of carbonyl (C=O) groups is 2. The van der Waals surface area contributed by atoms with Crippen molar-refractivity contribution in [1.82, 2.24) is 5.32 Å². The molecule has 2 amide bonds.